The number of hydrogen-bond acceptors (Lipinski definition) is 0. The summed E-state index contributed by atoms with van der Waals surface area (Å²) in [6, 6.07) is 15.6. The topological polar surface area (TPSA) is 0 Å². The summed E-state index contributed by atoms with van der Waals surface area (Å²) in [6.45, 7) is 4.80. The first kappa shape index (κ1) is 16.1. The molecule has 123 valence electrons. The Balaban J connectivity index is 2.01. The van der Waals surface area contributed by atoms with Crippen molar-refractivity contribution in [2.24, 2.45) is 0 Å². The molecule has 0 atom stereocenters. The normalized spacial score (nSPS) is 15.8. The lowest BCUT2D eigenvalue weighted by atomic mass is 9.86. The van der Waals surface area contributed by atoms with Crippen LogP contribution in [0.4, 0.5) is 0 Å². The Morgan fingerprint density at radius 3 is 1.92 bits per heavy atom. The monoisotopic (exact) mass is 339 g/mol. The van der Waals surface area contributed by atoms with Crippen molar-refractivity contribution in [3.05, 3.63) is 90.0 Å². The largest absolute Gasteiger partial charge is 0.0801 e. The molecule has 0 aliphatic heterocycles. The summed E-state index contributed by atoms with van der Waals surface area (Å²) in [4.78, 5) is 0. The fraction of sp³-hybridized carbons (Fsp3) is 0.167. The van der Waals surface area contributed by atoms with Crippen molar-refractivity contribution < 1.29 is 0 Å². The molecule has 0 bridgehead atoms. The molecule has 4 rings (SSSR count). The van der Waals surface area contributed by atoms with E-state index in [0.29, 0.717) is 0 Å². The van der Waals surface area contributed by atoms with Gasteiger partial charge in [-0.3, -0.25) is 0 Å². The smallest absolute Gasteiger partial charge is 0.0800 e. The van der Waals surface area contributed by atoms with Crippen LogP contribution in [0.1, 0.15) is 24.0 Å². The first-order chi connectivity index (χ1) is 12.3. The van der Waals surface area contributed by atoms with E-state index in [2.05, 4.69) is 92.0 Å². The van der Waals surface area contributed by atoms with Gasteiger partial charge in [-0.05, 0) is 46.2 Å². The Hall–Kier alpha value is -2.38. The molecular formula is C24H23Si. The van der Waals surface area contributed by atoms with Crippen LogP contribution in [0.15, 0.2) is 78.9 Å². The van der Waals surface area contributed by atoms with Crippen LogP contribution < -0.4 is 5.19 Å². The number of allylic oxidation sites excluding steroid dienone is 8. The van der Waals surface area contributed by atoms with Gasteiger partial charge >= 0.3 is 0 Å². The van der Waals surface area contributed by atoms with E-state index >= 15 is 0 Å². The van der Waals surface area contributed by atoms with Crippen molar-refractivity contribution >= 4 is 25.1 Å². The van der Waals surface area contributed by atoms with Crippen LogP contribution in [0.5, 0.6) is 0 Å². The second-order valence-corrected chi connectivity index (χ2v) is 9.46. The fourth-order valence-corrected chi connectivity index (χ4v) is 5.01. The minimum atomic E-state index is -0.543. The zero-order valence-corrected chi connectivity index (χ0v) is 15.9. The van der Waals surface area contributed by atoms with Gasteiger partial charge in [0.05, 0.1) is 8.80 Å². The molecule has 0 saturated carbocycles. The second kappa shape index (κ2) is 6.85. The van der Waals surface area contributed by atoms with Crippen LogP contribution in [-0.2, 0) is 0 Å². The van der Waals surface area contributed by atoms with Crippen molar-refractivity contribution in [3.63, 3.8) is 0 Å². The Kier molecular flexibility index (Phi) is 4.41. The molecule has 2 aliphatic carbocycles. The standard InChI is InChI=1S/C24H23Si/c1-25(2)22-17-16-21(18-10-4-3-5-11-18)23(19-12-6-7-13-19)24(22)20-14-8-9-15-20/h3-12,14,16-17H,13,15H2,1-2H3. The summed E-state index contributed by atoms with van der Waals surface area (Å²) >= 11 is 0. The van der Waals surface area contributed by atoms with E-state index in [0.717, 1.165) is 12.8 Å². The van der Waals surface area contributed by atoms with E-state index in [-0.39, 0.29) is 0 Å². The average Bonchev–Trinajstić information content (AvgIpc) is 3.34. The molecule has 1 heteroatoms. The molecular weight excluding hydrogens is 316 g/mol. The molecule has 2 aliphatic rings. The van der Waals surface area contributed by atoms with Gasteiger partial charge in [-0.2, -0.15) is 0 Å². The Labute approximate surface area is 152 Å². The van der Waals surface area contributed by atoms with E-state index in [1.54, 1.807) is 5.19 Å². The van der Waals surface area contributed by atoms with Gasteiger partial charge in [-0.15, -0.1) is 0 Å². The molecule has 2 aromatic carbocycles. The first-order valence-corrected chi connectivity index (χ1v) is 11.5. The zero-order valence-electron chi connectivity index (χ0n) is 14.9. The summed E-state index contributed by atoms with van der Waals surface area (Å²) in [7, 11) is -0.543. The summed E-state index contributed by atoms with van der Waals surface area (Å²) in [5, 5.41) is 1.56. The maximum absolute atomic E-state index is 2.40. The lowest BCUT2D eigenvalue weighted by Gasteiger charge is -2.23. The molecule has 2 aromatic rings. The predicted octanol–water partition coefficient (Wildman–Crippen LogP) is 6.00. The maximum Gasteiger partial charge on any atom is 0.0800 e. The second-order valence-electron chi connectivity index (χ2n) is 6.93. The fourth-order valence-electron chi connectivity index (χ4n) is 3.81. The summed E-state index contributed by atoms with van der Waals surface area (Å²) < 4.78 is 0. The molecule has 0 N–H and O–H groups in total. The molecule has 0 heterocycles. The molecule has 0 fully saturated rings. The SMILES string of the molecule is C[Si](C)c1ccc(-c2ccccc2)c(C2=CC=CC2)c1C1=CC=CC1. The molecule has 0 amide bonds. The Morgan fingerprint density at radius 1 is 0.720 bits per heavy atom. The van der Waals surface area contributed by atoms with Gasteiger partial charge in [0.2, 0.25) is 0 Å². The average molecular weight is 340 g/mol. The molecule has 0 spiro atoms. The molecule has 0 nitrogen and oxygen atoms in total. The van der Waals surface area contributed by atoms with E-state index in [4.69, 9.17) is 0 Å². The maximum atomic E-state index is 2.40. The van der Waals surface area contributed by atoms with Crippen LogP contribution >= 0.6 is 0 Å². The number of rotatable bonds is 4. The van der Waals surface area contributed by atoms with E-state index < -0.39 is 8.80 Å². The highest BCUT2D eigenvalue weighted by Crippen LogP contribution is 2.39. The van der Waals surface area contributed by atoms with Gasteiger partial charge in [-0.1, -0.05) is 97.2 Å². The van der Waals surface area contributed by atoms with Crippen molar-refractivity contribution in [1.29, 1.82) is 0 Å². The van der Waals surface area contributed by atoms with Gasteiger partial charge in [0.15, 0.2) is 0 Å². The minimum absolute atomic E-state index is 0.543. The summed E-state index contributed by atoms with van der Waals surface area (Å²) in [5.74, 6) is 0. The van der Waals surface area contributed by atoms with Gasteiger partial charge in [0.1, 0.15) is 0 Å². The van der Waals surface area contributed by atoms with Crippen molar-refractivity contribution in [2.75, 3.05) is 0 Å². The lowest BCUT2D eigenvalue weighted by molar-refractivity contribution is 1.38. The summed E-state index contributed by atoms with van der Waals surface area (Å²) in [6.07, 6.45) is 15.6. The van der Waals surface area contributed by atoms with Crippen molar-refractivity contribution in [2.45, 2.75) is 25.9 Å². The number of hydrogen-bond donors (Lipinski definition) is 0. The highest BCUT2D eigenvalue weighted by Gasteiger charge is 2.22. The van der Waals surface area contributed by atoms with Gasteiger partial charge in [0, 0.05) is 0 Å². The van der Waals surface area contributed by atoms with Crippen molar-refractivity contribution in [3.8, 4) is 11.1 Å². The Bertz CT molecular complexity index is 909. The third-order valence-electron chi connectivity index (χ3n) is 5.01. The minimum Gasteiger partial charge on any atom is -0.0801 e. The molecule has 0 saturated heterocycles. The van der Waals surface area contributed by atoms with Crippen molar-refractivity contribution in [1.82, 2.24) is 0 Å². The van der Waals surface area contributed by atoms with Crippen LogP contribution in [0.25, 0.3) is 22.3 Å². The Morgan fingerprint density at radius 2 is 1.36 bits per heavy atom. The van der Waals surface area contributed by atoms with Crippen LogP contribution in [0.3, 0.4) is 0 Å². The number of benzene rings is 2. The van der Waals surface area contributed by atoms with E-state index in [1.807, 2.05) is 0 Å². The molecule has 0 aromatic heterocycles. The molecule has 25 heavy (non-hydrogen) atoms. The lowest BCUT2D eigenvalue weighted by Crippen LogP contribution is -2.28. The molecule has 1 radical (unpaired) electrons. The first-order valence-electron chi connectivity index (χ1n) is 9.01. The van der Waals surface area contributed by atoms with Crippen LogP contribution in [0.2, 0.25) is 13.1 Å². The van der Waals surface area contributed by atoms with Gasteiger partial charge < -0.3 is 0 Å². The highest BCUT2D eigenvalue weighted by atomic mass is 28.3. The van der Waals surface area contributed by atoms with Crippen LogP contribution in [-0.4, -0.2) is 8.80 Å². The van der Waals surface area contributed by atoms with E-state index in [1.165, 1.54) is 33.4 Å². The zero-order chi connectivity index (χ0) is 17.2. The third kappa shape index (κ3) is 3.00. The predicted molar refractivity (Wildman–Crippen MR) is 112 cm³/mol. The highest BCUT2D eigenvalue weighted by molar-refractivity contribution is 6.71. The van der Waals surface area contributed by atoms with Gasteiger partial charge in [-0.25, -0.2) is 0 Å². The summed E-state index contributed by atoms with van der Waals surface area (Å²) in [5.41, 5.74) is 8.56. The van der Waals surface area contributed by atoms with E-state index in [9.17, 15) is 0 Å². The molecule has 0 unspecified atom stereocenters. The van der Waals surface area contributed by atoms with Crippen LogP contribution in [0, 0.1) is 0 Å². The quantitative estimate of drug-likeness (QED) is 0.599. The van der Waals surface area contributed by atoms with Gasteiger partial charge in [0.25, 0.3) is 0 Å². The third-order valence-corrected chi connectivity index (χ3v) is 6.51.